The normalized spacial score (nSPS) is 23.3. The molecule has 0 aromatic carbocycles. The zero-order chi connectivity index (χ0) is 12.0. The van der Waals surface area contributed by atoms with Crippen LogP contribution in [-0.2, 0) is 14.3 Å². The van der Waals surface area contributed by atoms with E-state index in [4.69, 9.17) is 9.47 Å². The van der Waals surface area contributed by atoms with Crippen molar-refractivity contribution in [2.75, 3.05) is 26.9 Å². The minimum atomic E-state index is -0.0175. The lowest BCUT2D eigenvalue weighted by Crippen LogP contribution is -2.43. The molecule has 0 aromatic heterocycles. The molecule has 0 bridgehead atoms. The van der Waals surface area contributed by atoms with Gasteiger partial charge in [0.25, 0.3) is 0 Å². The standard InChI is InChI=1S/C12H23NO3/c1-12(2)6-4-5-10(12)13-11(14)9-16-8-7-15-3/h10H,4-9H2,1-3H3,(H,13,14). The maximum absolute atomic E-state index is 11.6. The molecule has 1 unspecified atom stereocenters. The Morgan fingerprint density at radius 3 is 2.75 bits per heavy atom. The summed E-state index contributed by atoms with van der Waals surface area (Å²) in [6.07, 6.45) is 3.46. The number of nitrogens with one attached hydrogen (secondary N) is 1. The second-order valence-electron chi connectivity index (χ2n) is 5.05. The lowest BCUT2D eigenvalue weighted by atomic mass is 9.87. The number of methoxy groups -OCH3 is 1. The summed E-state index contributed by atoms with van der Waals surface area (Å²) < 4.78 is 10.0. The average molecular weight is 229 g/mol. The van der Waals surface area contributed by atoms with E-state index in [1.165, 1.54) is 12.8 Å². The summed E-state index contributed by atoms with van der Waals surface area (Å²) in [6, 6.07) is 0.297. The van der Waals surface area contributed by atoms with Crippen molar-refractivity contribution in [1.82, 2.24) is 5.32 Å². The van der Waals surface area contributed by atoms with Crippen LogP contribution in [0.4, 0.5) is 0 Å². The first-order chi connectivity index (χ1) is 7.56. The van der Waals surface area contributed by atoms with Crippen LogP contribution >= 0.6 is 0 Å². The molecule has 4 nitrogen and oxygen atoms in total. The largest absolute Gasteiger partial charge is 0.382 e. The van der Waals surface area contributed by atoms with Crippen molar-refractivity contribution in [2.45, 2.75) is 39.2 Å². The van der Waals surface area contributed by atoms with Crippen molar-refractivity contribution in [3.8, 4) is 0 Å². The van der Waals surface area contributed by atoms with E-state index in [-0.39, 0.29) is 17.9 Å². The van der Waals surface area contributed by atoms with Crippen molar-refractivity contribution in [1.29, 1.82) is 0 Å². The summed E-state index contributed by atoms with van der Waals surface area (Å²) in [5.41, 5.74) is 0.224. The van der Waals surface area contributed by atoms with Crippen LogP contribution in [-0.4, -0.2) is 38.9 Å². The number of hydrogen-bond acceptors (Lipinski definition) is 3. The third-order valence-corrected chi connectivity index (χ3v) is 3.26. The van der Waals surface area contributed by atoms with Gasteiger partial charge < -0.3 is 14.8 Å². The van der Waals surface area contributed by atoms with Crippen LogP contribution in [0.2, 0.25) is 0 Å². The van der Waals surface area contributed by atoms with E-state index in [0.717, 1.165) is 6.42 Å². The molecule has 0 aromatic rings. The molecule has 16 heavy (non-hydrogen) atoms. The molecule has 0 aliphatic heterocycles. The number of amides is 1. The number of ether oxygens (including phenoxy) is 2. The Bertz CT molecular complexity index is 228. The van der Waals surface area contributed by atoms with Gasteiger partial charge in [-0.15, -0.1) is 0 Å². The van der Waals surface area contributed by atoms with Gasteiger partial charge in [-0.2, -0.15) is 0 Å². The number of rotatable bonds is 6. The predicted octanol–water partition coefficient (Wildman–Crippen LogP) is 1.34. The van der Waals surface area contributed by atoms with Gasteiger partial charge in [0.2, 0.25) is 5.91 Å². The smallest absolute Gasteiger partial charge is 0.246 e. The first-order valence-electron chi connectivity index (χ1n) is 5.92. The van der Waals surface area contributed by atoms with Gasteiger partial charge >= 0.3 is 0 Å². The Labute approximate surface area is 97.7 Å². The molecule has 1 aliphatic rings. The minimum Gasteiger partial charge on any atom is -0.382 e. The molecular weight excluding hydrogens is 206 g/mol. The summed E-state index contributed by atoms with van der Waals surface area (Å²) >= 11 is 0. The first-order valence-corrected chi connectivity index (χ1v) is 5.92. The Hall–Kier alpha value is -0.610. The zero-order valence-electron chi connectivity index (χ0n) is 10.5. The van der Waals surface area contributed by atoms with Crippen molar-refractivity contribution in [3.63, 3.8) is 0 Å². The van der Waals surface area contributed by atoms with E-state index in [9.17, 15) is 4.79 Å². The fourth-order valence-electron chi connectivity index (χ4n) is 2.14. The van der Waals surface area contributed by atoms with Crippen molar-refractivity contribution in [3.05, 3.63) is 0 Å². The van der Waals surface area contributed by atoms with Gasteiger partial charge in [0.15, 0.2) is 0 Å². The molecule has 1 aliphatic carbocycles. The SMILES string of the molecule is COCCOCC(=O)NC1CCCC1(C)C. The zero-order valence-corrected chi connectivity index (χ0v) is 10.5. The number of carbonyl (C=O) groups is 1. The molecular formula is C12H23NO3. The number of hydrogen-bond donors (Lipinski definition) is 1. The highest BCUT2D eigenvalue weighted by Gasteiger charge is 2.35. The van der Waals surface area contributed by atoms with Gasteiger partial charge in [-0.25, -0.2) is 0 Å². The molecule has 0 saturated heterocycles. The molecule has 1 fully saturated rings. The van der Waals surface area contributed by atoms with Crippen LogP contribution in [0, 0.1) is 5.41 Å². The van der Waals surface area contributed by atoms with Crippen LogP contribution in [0.3, 0.4) is 0 Å². The lowest BCUT2D eigenvalue weighted by molar-refractivity contribution is -0.127. The summed E-state index contributed by atoms with van der Waals surface area (Å²) in [6.45, 7) is 5.55. The molecule has 0 heterocycles. The van der Waals surface area contributed by atoms with E-state index in [0.29, 0.717) is 19.3 Å². The summed E-state index contributed by atoms with van der Waals surface area (Å²) in [5.74, 6) is -0.0175. The molecule has 4 heteroatoms. The fourth-order valence-corrected chi connectivity index (χ4v) is 2.14. The Kier molecular flexibility index (Phi) is 5.22. The van der Waals surface area contributed by atoms with Crippen LogP contribution < -0.4 is 5.32 Å². The Morgan fingerprint density at radius 1 is 1.44 bits per heavy atom. The summed E-state index contributed by atoms with van der Waals surface area (Å²) in [4.78, 5) is 11.6. The average Bonchev–Trinajstić information content (AvgIpc) is 2.53. The van der Waals surface area contributed by atoms with Gasteiger partial charge in [0.1, 0.15) is 6.61 Å². The molecule has 94 valence electrons. The highest BCUT2D eigenvalue weighted by atomic mass is 16.5. The molecule has 1 atom stereocenters. The van der Waals surface area contributed by atoms with Crippen molar-refractivity contribution < 1.29 is 14.3 Å². The van der Waals surface area contributed by atoms with Crippen LogP contribution in [0.15, 0.2) is 0 Å². The van der Waals surface area contributed by atoms with E-state index in [1.807, 2.05) is 0 Å². The first kappa shape index (κ1) is 13.5. The van der Waals surface area contributed by atoms with Crippen LogP contribution in [0.5, 0.6) is 0 Å². The molecule has 0 radical (unpaired) electrons. The van der Waals surface area contributed by atoms with E-state index in [2.05, 4.69) is 19.2 Å². The van der Waals surface area contributed by atoms with Crippen LogP contribution in [0.25, 0.3) is 0 Å². The van der Waals surface area contributed by atoms with Gasteiger partial charge in [-0.05, 0) is 18.3 Å². The van der Waals surface area contributed by atoms with Gasteiger partial charge in [0, 0.05) is 13.2 Å². The molecule has 1 saturated carbocycles. The Balaban J connectivity index is 2.19. The van der Waals surface area contributed by atoms with Crippen LogP contribution in [0.1, 0.15) is 33.1 Å². The molecule has 1 N–H and O–H groups in total. The number of carbonyl (C=O) groups excluding carboxylic acids is 1. The highest BCUT2D eigenvalue weighted by molar-refractivity contribution is 5.77. The molecule has 1 rings (SSSR count). The second kappa shape index (κ2) is 6.21. The highest BCUT2D eigenvalue weighted by Crippen LogP contribution is 2.36. The van der Waals surface area contributed by atoms with E-state index < -0.39 is 0 Å². The van der Waals surface area contributed by atoms with Gasteiger partial charge in [0.05, 0.1) is 13.2 Å². The monoisotopic (exact) mass is 229 g/mol. The molecule has 0 spiro atoms. The van der Waals surface area contributed by atoms with E-state index >= 15 is 0 Å². The topological polar surface area (TPSA) is 47.6 Å². The summed E-state index contributed by atoms with van der Waals surface area (Å²) in [5, 5.41) is 3.04. The third-order valence-electron chi connectivity index (χ3n) is 3.26. The quantitative estimate of drug-likeness (QED) is 0.699. The Morgan fingerprint density at radius 2 is 2.19 bits per heavy atom. The lowest BCUT2D eigenvalue weighted by Gasteiger charge is -2.27. The molecule has 1 amide bonds. The van der Waals surface area contributed by atoms with E-state index in [1.54, 1.807) is 7.11 Å². The minimum absolute atomic E-state index is 0.0175. The maximum atomic E-state index is 11.6. The summed E-state index contributed by atoms with van der Waals surface area (Å²) in [7, 11) is 1.62. The maximum Gasteiger partial charge on any atom is 0.246 e. The van der Waals surface area contributed by atoms with Gasteiger partial charge in [-0.3, -0.25) is 4.79 Å². The van der Waals surface area contributed by atoms with Crippen molar-refractivity contribution in [2.24, 2.45) is 5.41 Å². The fraction of sp³-hybridized carbons (Fsp3) is 0.917. The van der Waals surface area contributed by atoms with Crippen molar-refractivity contribution >= 4 is 5.91 Å². The van der Waals surface area contributed by atoms with Gasteiger partial charge in [-0.1, -0.05) is 20.3 Å². The third kappa shape index (κ3) is 4.10. The second-order valence-corrected chi connectivity index (χ2v) is 5.05. The predicted molar refractivity (Wildman–Crippen MR) is 62.3 cm³/mol.